The van der Waals surface area contributed by atoms with Gasteiger partial charge < -0.3 is 9.74 Å². The Labute approximate surface area is 94.9 Å². The Hall–Kier alpha value is -1.13. The van der Waals surface area contributed by atoms with Gasteiger partial charge in [0.25, 0.3) is 0 Å². The Morgan fingerprint density at radius 2 is 2.19 bits per heavy atom. The van der Waals surface area contributed by atoms with Crippen molar-refractivity contribution in [3.05, 3.63) is 30.1 Å². The van der Waals surface area contributed by atoms with E-state index in [0.29, 0.717) is 12.3 Å². The predicted octanol–water partition coefficient (Wildman–Crippen LogP) is 2.07. The van der Waals surface area contributed by atoms with Crippen molar-refractivity contribution >= 4 is 5.69 Å². The number of halogens is 1. The Bertz CT molecular complexity index is 344. The molecule has 2 rings (SSSR count). The summed E-state index contributed by atoms with van der Waals surface area (Å²) in [6.45, 7) is 1.32. The average Bonchev–Trinajstić information content (AvgIpc) is 2.31. The van der Waals surface area contributed by atoms with Crippen LogP contribution in [0.15, 0.2) is 24.3 Å². The maximum Gasteiger partial charge on any atom is 0.146 e. The molecular formula is C12H17FN2O. The monoisotopic (exact) mass is 224 g/mol. The minimum absolute atomic E-state index is 0.175. The Kier molecular flexibility index (Phi) is 3.74. The fourth-order valence-electron chi connectivity index (χ4n) is 2.29. The van der Waals surface area contributed by atoms with Crippen LogP contribution in [0, 0.1) is 5.82 Å². The number of hydrogen-bond donors (Lipinski definition) is 1. The molecule has 0 aliphatic carbocycles. The van der Waals surface area contributed by atoms with Crippen LogP contribution in [0.2, 0.25) is 0 Å². The fourth-order valence-corrected chi connectivity index (χ4v) is 2.29. The molecule has 1 fully saturated rings. The normalized spacial score (nSPS) is 21.1. The van der Waals surface area contributed by atoms with E-state index in [2.05, 4.69) is 4.90 Å². The zero-order valence-electron chi connectivity index (χ0n) is 9.23. The lowest BCUT2D eigenvalue weighted by Gasteiger charge is -2.37. The lowest BCUT2D eigenvalue weighted by Crippen LogP contribution is -2.43. The van der Waals surface area contributed by atoms with E-state index in [4.69, 9.17) is 10.7 Å². The third-order valence-electron chi connectivity index (χ3n) is 3.08. The maximum absolute atomic E-state index is 13.7. The number of para-hydroxylation sites is 1. The van der Waals surface area contributed by atoms with E-state index >= 15 is 0 Å². The number of anilines is 1. The number of rotatable bonds is 3. The molecule has 1 saturated heterocycles. The van der Waals surface area contributed by atoms with Gasteiger partial charge in [-0.25, -0.2) is 10.3 Å². The summed E-state index contributed by atoms with van der Waals surface area (Å²) in [7, 11) is 0. The van der Waals surface area contributed by atoms with Crippen LogP contribution in [0.1, 0.15) is 19.3 Å². The molecule has 1 heterocycles. The number of benzene rings is 1. The molecule has 1 aromatic rings. The first-order chi connectivity index (χ1) is 7.83. The van der Waals surface area contributed by atoms with Gasteiger partial charge in [-0.3, -0.25) is 0 Å². The van der Waals surface area contributed by atoms with Crippen molar-refractivity contribution in [3.63, 3.8) is 0 Å². The van der Waals surface area contributed by atoms with Crippen LogP contribution in [0.3, 0.4) is 0 Å². The lowest BCUT2D eigenvalue weighted by atomic mass is 10.0. The van der Waals surface area contributed by atoms with Gasteiger partial charge >= 0.3 is 0 Å². The Balaban J connectivity index is 2.19. The van der Waals surface area contributed by atoms with Crippen LogP contribution < -0.4 is 10.8 Å². The minimum atomic E-state index is -0.175. The summed E-state index contributed by atoms with van der Waals surface area (Å²) in [6, 6.07) is 7.05. The molecular weight excluding hydrogens is 207 g/mol. The summed E-state index contributed by atoms with van der Waals surface area (Å²) in [6.07, 6.45) is 3.25. The molecule has 0 saturated carbocycles. The topological polar surface area (TPSA) is 38.5 Å². The molecule has 0 bridgehead atoms. The molecule has 1 aliphatic rings. The van der Waals surface area contributed by atoms with Crippen LogP contribution in [0.25, 0.3) is 0 Å². The van der Waals surface area contributed by atoms with Gasteiger partial charge in [0.2, 0.25) is 0 Å². The quantitative estimate of drug-likeness (QED) is 0.799. The largest absolute Gasteiger partial charge is 0.364 e. The van der Waals surface area contributed by atoms with Crippen molar-refractivity contribution < 1.29 is 9.23 Å². The zero-order chi connectivity index (χ0) is 11.4. The fraction of sp³-hybridized carbons (Fsp3) is 0.500. The smallest absolute Gasteiger partial charge is 0.146 e. The van der Waals surface area contributed by atoms with Gasteiger partial charge in [0.05, 0.1) is 18.3 Å². The predicted molar refractivity (Wildman–Crippen MR) is 61.5 cm³/mol. The van der Waals surface area contributed by atoms with E-state index in [-0.39, 0.29) is 11.9 Å². The van der Waals surface area contributed by atoms with Gasteiger partial charge in [-0.1, -0.05) is 12.1 Å². The SMILES string of the molecule is NOCC1CCCCN1c1ccccc1F. The first-order valence-corrected chi connectivity index (χ1v) is 5.66. The molecule has 1 aliphatic heterocycles. The molecule has 1 unspecified atom stereocenters. The van der Waals surface area contributed by atoms with Crippen molar-refractivity contribution in [1.82, 2.24) is 0 Å². The third kappa shape index (κ3) is 2.33. The van der Waals surface area contributed by atoms with Gasteiger partial charge in [0, 0.05) is 6.54 Å². The molecule has 4 heteroatoms. The van der Waals surface area contributed by atoms with Gasteiger partial charge in [0.1, 0.15) is 5.82 Å². The number of hydrogen-bond acceptors (Lipinski definition) is 3. The second-order valence-corrected chi connectivity index (χ2v) is 4.13. The summed E-state index contributed by atoms with van der Waals surface area (Å²) < 4.78 is 13.7. The molecule has 3 nitrogen and oxygen atoms in total. The molecule has 0 aromatic heterocycles. The van der Waals surface area contributed by atoms with E-state index in [1.807, 2.05) is 12.1 Å². The van der Waals surface area contributed by atoms with Gasteiger partial charge in [-0.2, -0.15) is 0 Å². The summed E-state index contributed by atoms with van der Waals surface area (Å²) in [4.78, 5) is 6.77. The summed E-state index contributed by atoms with van der Waals surface area (Å²) in [5.74, 6) is 4.94. The van der Waals surface area contributed by atoms with E-state index in [1.54, 1.807) is 6.07 Å². The van der Waals surface area contributed by atoms with Gasteiger partial charge in [-0.15, -0.1) is 0 Å². The first-order valence-electron chi connectivity index (χ1n) is 5.66. The van der Waals surface area contributed by atoms with Crippen molar-refractivity contribution in [2.45, 2.75) is 25.3 Å². The Morgan fingerprint density at radius 3 is 2.94 bits per heavy atom. The van der Waals surface area contributed by atoms with E-state index < -0.39 is 0 Å². The highest BCUT2D eigenvalue weighted by Crippen LogP contribution is 2.26. The summed E-state index contributed by atoms with van der Waals surface area (Å²) >= 11 is 0. The van der Waals surface area contributed by atoms with Crippen LogP contribution in [0.4, 0.5) is 10.1 Å². The van der Waals surface area contributed by atoms with Crippen molar-refractivity contribution in [1.29, 1.82) is 0 Å². The van der Waals surface area contributed by atoms with Crippen molar-refractivity contribution in [3.8, 4) is 0 Å². The average molecular weight is 224 g/mol. The Morgan fingerprint density at radius 1 is 1.38 bits per heavy atom. The molecule has 1 aromatic carbocycles. The molecule has 2 N–H and O–H groups in total. The molecule has 16 heavy (non-hydrogen) atoms. The standard InChI is InChI=1S/C12H17FN2O/c13-11-6-1-2-7-12(11)15-8-4-3-5-10(15)9-16-14/h1-2,6-7,10H,3-5,8-9,14H2. The number of nitrogens with zero attached hydrogens (tertiary/aromatic N) is 1. The van der Waals surface area contributed by atoms with E-state index in [9.17, 15) is 4.39 Å². The number of nitrogens with two attached hydrogens (primary N) is 1. The zero-order valence-corrected chi connectivity index (χ0v) is 9.23. The first kappa shape index (κ1) is 11.4. The minimum Gasteiger partial charge on any atom is -0.364 e. The van der Waals surface area contributed by atoms with Crippen molar-refractivity contribution in [2.75, 3.05) is 18.1 Å². The van der Waals surface area contributed by atoms with Crippen molar-refractivity contribution in [2.24, 2.45) is 5.90 Å². The molecule has 0 radical (unpaired) electrons. The van der Waals surface area contributed by atoms with Crippen LogP contribution in [0.5, 0.6) is 0 Å². The molecule has 0 amide bonds. The molecule has 1 atom stereocenters. The highest BCUT2D eigenvalue weighted by Gasteiger charge is 2.24. The molecule has 88 valence electrons. The summed E-state index contributed by atoms with van der Waals surface area (Å²) in [5.41, 5.74) is 0.657. The van der Waals surface area contributed by atoms with E-state index in [1.165, 1.54) is 6.07 Å². The van der Waals surface area contributed by atoms with Gasteiger partial charge in [0.15, 0.2) is 0 Å². The number of piperidine rings is 1. The second-order valence-electron chi connectivity index (χ2n) is 4.13. The van der Waals surface area contributed by atoms with Crippen LogP contribution in [-0.2, 0) is 4.84 Å². The van der Waals surface area contributed by atoms with Gasteiger partial charge in [-0.05, 0) is 31.4 Å². The third-order valence-corrected chi connectivity index (χ3v) is 3.08. The van der Waals surface area contributed by atoms with Crippen LogP contribution in [-0.4, -0.2) is 19.2 Å². The highest BCUT2D eigenvalue weighted by atomic mass is 19.1. The van der Waals surface area contributed by atoms with E-state index in [0.717, 1.165) is 25.8 Å². The maximum atomic E-state index is 13.7. The highest BCUT2D eigenvalue weighted by molar-refractivity contribution is 5.49. The summed E-state index contributed by atoms with van der Waals surface area (Å²) in [5, 5.41) is 0. The second kappa shape index (κ2) is 5.27. The van der Waals surface area contributed by atoms with Crippen LogP contribution >= 0.6 is 0 Å². The molecule has 0 spiro atoms. The lowest BCUT2D eigenvalue weighted by molar-refractivity contribution is 0.114.